The number of aryl methyl sites for hydroxylation is 1. The van der Waals surface area contributed by atoms with Gasteiger partial charge >= 0.3 is 11.8 Å². The van der Waals surface area contributed by atoms with Crippen LogP contribution in [-0.4, -0.2) is 77.5 Å². The number of carbonyl (C=O) groups is 3. The summed E-state index contributed by atoms with van der Waals surface area (Å²) in [4.78, 5) is 40.2. The Hall–Kier alpha value is -3.37. The largest absolute Gasteiger partial charge is 0.390 e. The van der Waals surface area contributed by atoms with Crippen LogP contribution in [0.2, 0.25) is 0 Å². The van der Waals surface area contributed by atoms with E-state index >= 15 is 0 Å². The lowest BCUT2D eigenvalue weighted by Gasteiger charge is -2.38. The van der Waals surface area contributed by atoms with E-state index < -0.39 is 41.5 Å². The summed E-state index contributed by atoms with van der Waals surface area (Å²) in [5.41, 5.74) is 2.48. The number of nitrogens with one attached hydrogen (secondary N) is 2. The highest BCUT2D eigenvalue weighted by molar-refractivity contribution is 6.35. The minimum atomic E-state index is -1.10. The summed E-state index contributed by atoms with van der Waals surface area (Å²) in [6, 6.07) is 9.94. The number of hydrogen-bond acceptors (Lipinski definition) is 5. The average molecular weight is 531 g/mol. The third-order valence-electron chi connectivity index (χ3n) is 6.85. The van der Waals surface area contributed by atoms with Gasteiger partial charge in [-0.1, -0.05) is 38.1 Å². The van der Waals surface area contributed by atoms with Crippen LogP contribution in [-0.2, 0) is 33.8 Å². The third-order valence-corrected chi connectivity index (χ3v) is 6.85. The summed E-state index contributed by atoms with van der Waals surface area (Å²) in [5.74, 6) is -3.56. The molecule has 0 bridgehead atoms. The highest BCUT2D eigenvalue weighted by atomic mass is 19.1. The molecule has 1 aliphatic rings. The lowest BCUT2D eigenvalue weighted by atomic mass is 10.0. The summed E-state index contributed by atoms with van der Waals surface area (Å²) < 4.78 is 27.6. The molecule has 1 saturated heterocycles. The molecule has 2 aromatic rings. The first-order valence-corrected chi connectivity index (χ1v) is 12.9. The number of carbonyl (C=O) groups excluding carboxylic acids is 3. The number of benzene rings is 2. The third kappa shape index (κ3) is 7.82. The van der Waals surface area contributed by atoms with E-state index in [2.05, 4.69) is 23.6 Å². The first-order valence-electron chi connectivity index (χ1n) is 12.9. The van der Waals surface area contributed by atoms with Crippen molar-refractivity contribution in [2.75, 3.05) is 26.7 Å². The zero-order chi connectivity index (χ0) is 27.8. The van der Waals surface area contributed by atoms with Crippen LogP contribution in [0.4, 0.5) is 8.78 Å². The van der Waals surface area contributed by atoms with Crippen LogP contribution in [0.3, 0.4) is 0 Å². The SMILES string of the molecule is CCc1cccc(CNC[C@H](O)[C@H](Cc2cc(F)cc(F)c2)NC(=O)CN2C[C@H](CC)N(C)C(=O)C2=O)c1. The number of hydrogen-bond donors (Lipinski definition) is 3. The van der Waals surface area contributed by atoms with E-state index in [4.69, 9.17) is 0 Å². The topological polar surface area (TPSA) is 102 Å². The van der Waals surface area contributed by atoms with E-state index in [1.807, 2.05) is 25.1 Å². The maximum Gasteiger partial charge on any atom is 0.312 e. The molecule has 1 fully saturated rings. The lowest BCUT2D eigenvalue weighted by molar-refractivity contribution is -0.158. The van der Waals surface area contributed by atoms with Gasteiger partial charge in [-0.15, -0.1) is 0 Å². The Balaban J connectivity index is 1.68. The molecule has 3 atom stereocenters. The summed E-state index contributed by atoms with van der Waals surface area (Å²) in [6.07, 6.45) is 0.372. The van der Waals surface area contributed by atoms with Gasteiger partial charge in [-0.25, -0.2) is 8.78 Å². The molecule has 0 radical (unpaired) electrons. The fraction of sp³-hybridized carbons (Fsp3) is 0.464. The second-order valence-electron chi connectivity index (χ2n) is 9.69. The highest BCUT2D eigenvalue weighted by Gasteiger charge is 2.37. The van der Waals surface area contributed by atoms with Crippen molar-refractivity contribution in [1.29, 1.82) is 0 Å². The van der Waals surface area contributed by atoms with Crippen molar-refractivity contribution in [2.45, 2.75) is 57.8 Å². The van der Waals surface area contributed by atoms with Crippen molar-refractivity contribution >= 4 is 17.7 Å². The predicted molar refractivity (Wildman–Crippen MR) is 139 cm³/mol. The van der Waals surface area contributed by atoms with Gasteiger partial charge in [-0.3, -0.25) is 14.4 Å². The Morgan fingerprint density at radius 3 is 2.39 bits per heavy atom. The van der Waals surface area contributed by atoms with Crippen LogP contribution in [0, 0.1) is 11.6 Å². The molecule has 2 aromatic carbocycles. The van der Waals surface area contributed by atoms with Gasteiger partial charge in [0.1, 0.15) is 18.2 Å². The number of aliphatic hydroxyl groups excluding tert-OH is 1. The molecule has 3 N–H and O–H groups in total. The van der Waals surface area contributed by atoms with Gasteiger partial charge in [0.25, 0.3) is 0 Å². The van der Waals surface area contributed by atoms with E-state index in [9.17, 15) is 28.3 Å². The number of piperazine rings is 1. The number of amides is 3. The average Bonchev–Trinajstić information content (AvgIpc) is 2.88. The van der Waals surface area contributed by atoms with Gasteiger partial charge < -0.3 is 25.5 Å². The van der Waals surface area contributed by atoms with Crippen molar-refractivity contribution in [3.63, 3.8) is 0 Å². The zero-order valence-corrected chi connectivity index (χ0v) is 22.0. The molecular weight excluding hydrogens is 494 g/mol. The number of rotatable bonds is 12. The number of halogens is 2. The first-order chi connectivity index (χ1) is 18.1. The molecule has 3 rings (SSSR count). The van der Waals surface area contributed by atoms with Gasteiger partial charge in [0.05, 0.1) is 12.1 Å². The smallest absolute Gasteiger partial charge is 0.312 e. The first kappa shape index (κ1) is 29.2. The van der Waals surface area contributed by atoms with Crippen LogP contribution in [0.15, 0.2) is 42.5 Å². The molecule has 1 aliphatic heterocycles. The predicted octanol–water partition coefficient (Wildman–Crippen LogP) is 1.78. The van der Waals surface area contributed by atoms with E-state index in [1.165, 1.54) is 15.4 Å². The summed E-state index contributed by atoms with van der Waals surface area (Å²) in [5, 5.41) is 16.8. The normalized spacial score (nSPS) is 17.5. The van der Waals surface area contributed by atoms with Crippen molar-refractivity contribution in [3.8, 4) is 0 Å². The highest BCUT2D eigenvalue weighted by Crippen LogP contribution is 2.15. The Morgan fingerprint density at radius 2 is 1.74 bits per heavy atom. The quantitative estimate of drug-likeness (QED) is 0.363. The van der Waals surface area contributed by atoms with Gasteiger partial charge in [-0.2, -0.15) is 0 Å². The van der Waals surface area contributed by atoms with Crippen molar-refractivity contribution in [1.82, 2.24) is 20.4 Å². The molecule has 10 heteroatoms. The second-order valence-corrected chi connectivity index (χ2v) is 9.69. The molecule has 8 nitrogen and oxygen atoms in total. The molecular formula is C28H36F2N4O4. The number of nitrogens with zero attached hydrogens (tertiary/aromatic N) is 2. The van der Waals surface area contributed by atoms with Crippen molar-refractivity contribution in [2.24, 2.45) is 0 Å². The summed E-state index contributed by atoms with van der Waals surface area (Å²) in [6.45, 7) is 4.38. The molecule has 1 heterocycles. The fourth-order valence-electron chi connectivity index (χ4n) is 4.61. The molecule has 38 heavy (non-hydrogen) atoms. The van der Waals surface area contributed by atoms with Crippen molar-refractivity contribution < 1.29 is 28.3 Å². The summed E-state index contributed by atoms with van der Waals surface area (Å²) in [7, 11) is 1.56. The maximum atomic E-state index is 13.8. The monoisotopic (exact) mass is 530 g/mol. The molecule has 0 aliphatic carbocycles. The minimum Gasteiger partial charge on any atom is -0.390 e. The maximum absolute atomic E-state index is 13.8. The standard InChI is InChI=1S/C28H36F2N4O4/c1-4-18-7-6-8-19(9-18)14-31-15-25(35)24(12-20-10-21(29)13-22(30)11-20)32-26(36)17-34-16-23(5-2)33(3)27(37)28(34)38/h6-11,13,23-25,31,35H,4-5,12,14-17H2,1-3H3,(H,32,36)/t23-,24-,25-/m0/s1. The molecule has 206 valence electrons. The molecule has 3 amide bonds. The van der Waals surface area contributed by atoms with Crippen LogP contribution < -0.4 is 10.6 Å². The molecule has 0 unspecified atom stereocenters. The Kier molecular flexibility index (Phi) is 10.3. The Bertz CT molecular complexity index is 1130. The lowest BCUT2D eigenvalue weighted by Crippen LogP contribution is -2.60. The van der Waals surface area contributed by atoms with Crippen LogP contribution in [0.25, 0.3) is 0 Å². The molecule has 0 aromatic heterocycles. The zero-order valence-electron chi connectivity index (χ0n) is 22.0. The number of likely N-dealkylation sites (N-methyl/N-ethyl adjacent to an activating group) is 1. The summed E-state index contributed by atoms with van der Waals surface area (Å²) >= 11 is 0. The minimum absolute atomic E-state index is 0.0399. The van der Waals surface area contributed by atoms with Gasteiger partial charge in [0, 0.05) is 38.8 Å². The molecule has 0 spiro atoms. The van der Waals surface area contributed by atoms with Gasteiger partial charge in [-0.05, 0) is 48.1 Å². The van der Waals surface area contributed by atoms with Crippen molar-refractivity contribution in [3.05, 3.63) is 70.8 Å². The van der Waals surface area contributed by atoms with Crippen LogP contribution in [0.5, 0.6) is 0 Å². The van der Waals surface area contributed by atoms with Gasteiger partial charge in [0.15, 0.2) is 0 Å². The van der Waals surface area contributed by atoms with Crippen LogP contribution in [0.1, 0.15) is 37.0 Å². The van der Waals surface area contributed by atoms with E-state index in [0.29, 0.717) is 13.0 Å². The Morgan fingerprint density at radius 1 is 1.05 bits per heavy atom. The van der Waals surface area contributed by atoms with E-state index in [-0.39, 0.29) is 37.7 Å². The molecule has 0 saturated carbocycles. The van der Waals surface area contributed by atoms with Gasteiger partial charge in [0.2, 0.25) is 5.91 Å². The van der Waals surface area contributed by atoms with Crippen LogP contribution >= 0.6 is 0 Å². The Labute approximate surface area is 222 Å². The second kappa shape index (κ2) is 13.4. The number of aliphatic hydroxyl groups is 1. The fourth-order valence-corrected chi connectivity index (χ4v) is 4.61. The van der Waals surface area contributed by atoms with E-state index in [1.54, 1.807) is 7.05 Å². The van der Waals surface area contributed by atoms with E-state index in [0.717, 1.165) is 30.2 Å².